The van der Waals surface area contributed by atoms with Crippen molar-refractivity contribution >= 4 is 28.9 Å². The highest BCUT2D eigenvalue weighted by Gasteiger charge is 2.26. The number of hydrogen-bond donors (Lipinski definition) is 1. The van der Waals surface area contributed by atoms with Gasteiger partial charge in [0.1, 0.15) is 5.52 Å². The molecule has 1 unspecified atom stereocenters. The summed E-state index contributed by atoms with van der Waals surface area (Å²) in [6, 6.07) is 0.200. The summed E-state index contributed by atoms with van der Waals surface area (Å²) in [5.74, 6) is -0.838. The number of nitrogens with zero attached hydrogens (tertiary/aromatic N) is 4. The van der Waals surface area contributed by atoms with Crippen LogP contribution in [0.25, 0.3) is 11.2 Å². The van der Waals surface area contributed by atoms with Gasteiger partial charge in [-0.15, -0.1) is 0 Å². The summed E-state index contributed by atoms with van der Waals surface area (Å²) in [5, 5.41) is 14.0. The lowest BCUT2D eigenvalue weighted by Gasteiger charge is -2.14. The molecule has 0 saturated carbocycles. The van der Waals surface area contributed by atoms with Gasteiger partial charge in [-0.2, -0.15) is 5.10 Å². The van der Waals surface area contributed by atoms with E-state index in [-0.39, 0.29) is 11.8 Å². The molecule has 2 aromatic rings. The number of carbonyl (C=O) groups is 1. The monoisotopic (exact) mass is 296 g/mol. The minimum atomic E-state index is -0.842. The summed E-state index contributed by atoms with van der Waals surface area (Å²) in [6.07, 6.45) is 0.913. The molecule has 0 aromatic carbocycles. The molecular formula is C12H16N4O3S. The summed E-state index contributed by atoms with van der Waals surface area (Å²) in [7, 11) is 1.88. The molecule has 7 nitrogen and oxygen atoms in total. The second-order valence-corrected chi connectivity index (χ2v) is 5.79. The van der Waals surface area contributed by atoms with Crippen LogP contribution in [0, 0.1) is 6.92 Å². The Morgan fingerprint density at radius 3 is 3.05 bits per heavy atom. The van der Waals surface area contributed by atoms with E-state index in [4.69, 9.17) is 9.84 Å². The second-order valence-electron chi connectivity index (χ2n) is 4.85. The van der Waals surface area contributed by atoms with Gasteiger partial charge in [-0.05, 0) is 13.3 Å². The molecule has 0 bridgehead atoms. The van der Waals surface area contributed by atoms with Gasteiger partial charge in [0.15, 0.2) is 10.8 Å². The summed E-state index contributed by atoms with van der Waals surface area (Å²) in [5.41, 5.74) is 2.63. The van der Waals surface area contributed by atoms with Crippen LogP contribution in [-0.4, -0.2) is 49.4 Å². The van der Waals surface area contributed by atoms with Gasteiger partial charge in [0, 0.05) is 13.7 Å². The van der Waals surface area contributed by atoms with E-state index in [1.807, 2.05) is 14.0 Å². The van der Waals surface area contributed by atoms with E-state index in [1.54, 1.807) is 4.68 Å². The number of fused-ring (bicyclic) bond motifs is 1. The number of aryl methyl sites for hydroxylation is 2. The molecule has 1 atom stereocenters. The molecule has 8 heteroatoms. The third-order valence-electron chi connectivity index (χ3n) is 3.40. The minimum absolute atomic E-state index is 0.00335. The third-order valence-corrected chi connectivity index (χ3v) is 4.34. The maximum atomic E-state index is 10.8. The van der Waals surface area contributed by atoms with Crippen LogP contribution in [-0.2, 0) is 16.6 Å². The quantitative estimate of drug-likeness (QED) is 0.854. The molecule has 0 radical (unpaired) electrons. The Hall–Kier alpha value is -1.54. The van der Waals surface area contributed by atoms with Crippen LogP contribution in [0.15, 0.2) is 5.16 Å². The molecule has 1 aliphatic rings. The molecule has 2 aromatic heterocycles. The largest absolute Gasteiger partial charge is 0.481 e. The van der Waals surface area contributed by atoms with E-state index in [0.29, 0.717) is 6.61 Å². The normalized spacial score (nSPS) is 19.0. The van der Waals surface area contributed by atoms with Crippen molar-refractivity contribution in [1.29, 1.82) is 0 Å². The molecule has 0 spiro atoms. The van der Waals surface area contributed by atoms with Crippen LogP contribution in [0.5, 0.6) is 0 Å². The summed E-state index contributed by atoms with van der Waals surface area (Å²) in [4.78, 5) is 15.4. The van der Waals surface area contributed by atoms with Gasteiger partial charge in [-0.1, -0.05) is 11.8 Å². The fourth-order valence-corrected chi connectivity index (χ4v) is 3.34. The average Bonchev–Trinajstić information content (AvgIpc) is 3.06. The second kappa shape index (κ2) is 5.10. The molecule has 0 aliphatic carbocycles. The highest BCUT2D eigenvalue weighted by molar-refractivity contribution is 7.99. The van der Waals surface area contributed by atoms with Crippen LogP contribution in [0.3, 0.4) is 0 Å². The van der Waals surface area contributed by atoms with Gasteiger partial charge in [0.25, 0.3) is 0 Å². The molecule has 0 amide bonds. The summed E-state index contributed by atoms with van der Waals surface area (Å²) < 4.78 is 9.34. The van der Waals surface area contributed by atoms with Crippen molar-refractivity contribution < 1.29 is 14.6 Å². The molecule has 3 rings (SSSR count). The molecule has 1 saturated heterocycles. The maximum absolute atomic E-state index is 10.8. The number of rotatable bonds is 4. The minimum Gasteiger partial charge on any atom is -0.481 e. The number of imidazole rings is 1. The third kappa shape index (κ3) is 2.18. The first-order valence-corrected chi connectivity index (χ1v) is 7.40. The molecule has 1 aliphatic heterocycles. The van der Waals surface area contributed by atoms with Crippen molar-refractivity contribution in [2.24, 2.45) is 7.05 Å². The Kier molecular flexibility index (Phi) is 3.43. The molecule has 3 heterocycles. The van der Waals surface area contributed by atoms with Gasteiger partial charge < -0.3 is 9.84 Å². The van der Waals surface area contributed by atoms with Crippen LogP contribution in [0.2, 0.25) is 0 Å². The Labute approximate surface area is 119 Å². The van der Waals surface area contributed by atoms with Crippen molar-refractivity contribution in [2.45, 2.75) is 24.5 Å². The Morgan fingerprint density at radius 2 is 2.40 bits per heavy atom. The molecule has 1 fully saturated rings. The first kappa shape index (κ1) is 13.4. The fourth-order valence-electron chi connectivity index (χ4n) is 2.56. The zero-order valence-corrected chi connectivity index (χ0v) is 12.2. The van der Waals surface area contributed by atoms with Gasteiger partial charge in [0.05, 0.1) is 24.1 Å². The zero-order chi connectivity index (χ0) is 14.3. The van der Waals surface area contributed by atoms with Crippen LogP contribution < -0.4 is 0 Å². The van der Waals surface area contributed by atoms with Crippen LogP contribution in [0.1, 0.15) is 18.2 Å². The van der Waals surface area contributed by atoms with Crippen molar-refractivity contribution in [3.63, 3.8) is 0 Å². The van der Waals surface area contributed by atoms with E-state index >= 15 is 0 Å². The number of ether oxygens (including phenoxy) is 1. The molecule has 20 heavy (non-hydrogen) atoms. The van der Waals surface area contributed by atoms with E-state index < -0.39 is 5.97 Å². The standard InChI is InChI=1S/C12H16N4O3S/c1-7-10-11(15(2)14-7)16(8-3-4-19-5-8)12(13-10)20-6-9(17)18/h8H,3-6H2,1-2H3,(H,17,18). The highest BCUT2D eigenvalue weighted by Crippen LogP contribution is 2.32. The van der Waals surface area contributed by atoms with Gasteiger partial charge in [0.2, 0.25) is 0 Å². The highest BCUT2D eigenvalue weighted by atomic mass is 32.2. The summed E-state index contributed by atoms with van der Waals surface area (Å²) in [6.45, 7) is 3.27. The Bertz CT molecular complexity index is 657. The number of thioether (sulfide) groups is 1. The Morgan fingerprint density at radius 1 is 1.60 bits per heavy atom. The lowest BCUT2D eigenvalue weighted by atomic mass is 10.2. The van der Waals surface area contributed by atoms with Crippen molar-refractivity contribution in [3.05, 3.63) is 5.69 Å². The van der Waals surface area contributed by atoms with Crippen LogP contribution >= 0.6 is 11.8 Å². The molecule has 1 N–H and O–H groups in total. The van der Waals surface area contributed by atoms with Gasteiger partial charge >= 0.3 is 5.97 Å². The molecular weight excluding hydrogens is 280 g/mol. The number of aliphatic carboxylic acids is 1. The topological polar surface area (TPSA) is 82.2 Å². The van der Waals surface area contributed by atoms with Crippen molar-refractivity contribution in [1.82, 2.24) is 19.3 Å². The number of hydrogen-bond acceptors (Lipinski definition) is 5. The smallest absolute Gasteiger partial charge is 0.313 e. The first-order chi connectivity index (χ1) is 9.58. The van der Waals surface area contributed by atoms with Crippen molar-refractivity contribution in [3.8, 4) is 0 Å². The summed E-state index contributed by atoms with van der Waals surface area (Å²) >= 11 is 1.25. The number of carboxylic acid groups (broad SMARTS) is 1. The lowest BCUT2D eigenvalue weighted by molar-refractivity contribution is -0.133. The number of aromatic nitrogens is 4. The van der Waals surface area contributed by atoms with E-state index in [9.17, 15) is 4.79 Å². The Balaban J connectivity index is 2.09. The molecule has 108 valence electrons. The zero-order valence-electron chi connectivity index (χ0n) is 11.4. The predicted octanol–water partition coefficient (Wildman–Crippen LogP) is 1.22. The number of carboxylic acids is 1. The SMILES string of the molecule is Cc1nn(C)c2c1nc(SCC(=O)O)n2C1CCOC1. The van der Waals surface area contributed by atoms with E-state index in [2.05, 4.69) is 14.6 Å². The first-order valence-electron chi connectivity index (χ1n) is 6.41. The average molecular weight is 296 g/mol. The lowest BCUT2D eigenvalue weighted by Crippen LogP contribution is -2.13. The van der Waals surface area contributed by atoms with E-state index in [1.165, 1.54) is 11.8 Å². The van der Waals surface area contributed by atoms with Gasteiger partial charge in [-0.25, -0.2) is 4.98 Å². The van der Waals surface area contributed by atoms with E-state index in [0.717, 1.165) is 35.0 Å². The maximum Gasteiger partial charge on any atom is 0.313 e. The van der Waals surface area contributed by atoms with Crippen LogP contribution in [0.4, 0.5) is 0 Å². The van der Waals surface area contributed by atoms with Crippen molar-refractivity contribution in [2.75, 3.05) is 19.0 Å². The predicted molar refractivity (Wildman–Crippen MR) is 74.1 cm³/mol. The fraction of sp³-hybridized carbons (Fsp3) is 0.583. The van der Waals surface area contributed by atoms with Gasteiger partial charge in [-0.3, -0.25) is 14.0 Å².